The van der Waals surface area contributed by atoms with Crippen LogP contribution in [0.5, 0.6) is 0 Å². The first kappa shape index (κ1) is 24.2. The first-order valence-electron chi connectivity index (χ1n) is 12.7. The van der Waals surface area contributed by atoms with Crippen molar-refractivity contribution in [1.29, 1.82) is 0 Å². The minimum Gasteiger partial charge on any atom is -0.369 e. The Labute approximate surface area is 198 Å². The zero-order valence-electron chi connectivity index (χ0n) is 20.0. The van der Waals surface area contributed by atoms with E-state index in [0.717, 1.165) is 24.8 Å². The zero-order chi connectivity index (χ0) is 23.5. The second kappa shape index (κ2) is 10.2. The molecule has 4 rings (SSSR count). The maximum atomic E-state index is 13.9. The first-order chi connectivity index (χ1) is 15.8. The molecule has 0 saturated heterocycles. The predicted octanol–water partition coefficient (Wildman–Crippen LogP) is 4.82. The lowest BCUT2D eigenvalue weighted by Crippen LogP contribution is -2.45. The number of carbonyl (C=O) groups is 1. The van der Waals surface area contributed by atoms with Crippen molar-refractivity contribution in [2.24, 2.45) is 22.6 Å². The van der Waals surface area contributed by atoms with Gasteiger partial charge in [0.2, 0.25) is 0 Å². The zero-order valence-corrected chi connectivity index (χ0v) is 20.8. The molecule has 0 spiro atoms. The van der Waals surface area contributed by atoms with Crippen molar-refractivity contribution < 1.29 is 13.2 Å². The van der Waals surface area contributed by atoms with E-state index in [0.29, 0.717) is 24.3 Å². The predicted molar refractivity (Wildman–Crippen MR) is 131 cm³/mol. The van der Waals surface area contributed by atoms with Crippen molar-refractivity contribution in [2.75, 3.05) is 6.26 Å². The Morgan fingerprint density at radius 1 is 0.970 bits per heavy atom. The van der Waals surface area contributed by atoms with Gasteiger partial charge in [0, 0.05) is 6.26 Å². The molecule has 2 fully saturated rings. The average Bonchev–Trinajstić information content (AvgIpc) is 3.03. The van der Waals surface area contributed by atoms with Crippen LogP contribution >= 0.6 is 0 Å². The van der Waals surface area contributed by atoms with Gasteiger partial charge in [0.25, 0.3) is 5.91 Å². The van der Waals surface area contributed by atoms with Crippen molar-refractivity contribution in [1.82, 2.24) is 4.90 Å². The van der Waals surface area contributed by atoms with Gasteiger partial charge in [0.1, 0.15) is 5.54 Å². The molecule has 1 aromatic carbocycles. The van der Waals surface area contributed by atoms with Crippen LogP contribution in [0, 0.1) is 11.8 Å². The van der Waals surface area contributed by atoms with Gasteiger partial charge in [0.05, 0.1) is 11.4 Å². The SMILES string of the molecule is CS(=O)(=O)c1ccc(CN2C(=O)C(CCC3CCCCC3)(CC3CCCCC3)N=C2N)cc1. The van der Waals surface area contributed by atoms with Crippen LogP contribution in [0.15, 0.2) is 34.2 Å². The van der Waals surface area contributed by atoms with Gasteiger partial charge in [-0.3, -0.25) is 9.69 Å². The fourth-order valence-corrected chi connectivity index (χ4v) is 6.68. The van der Waals surface area contributed by atoms with E-state index in [9.17, 15) is 13.2 Å². The van der Waals surface area contributed by atoms with Crippen molar-refractivity contribution in [3.05, 3.63) is 29.8 Å². The molecule has 3 aliphatic rings. The van der Waals surface area contributed by atoms with Gasteiger partial charge in [-0.15, -0.1) is 0 Å². The molecule has 2 N–H and O–H groups in total. The first-order valence-corrected chi connectivity index (χ1v) is 14.6. The van der Waals surface area contributed by atoms with Gasteiger partial charge in [0.15, 0.2) is 15.8 Å². The van der Waals surface area contributed by atoms with Crippen molar-refractivity contribution in [3.8, 4) is 0 Å². The minimum atomic E-state index is -3.25. The van der Waals surface area contributed by atoms with Crippen molar-refractivity contribution >= 4 is 21.7 Å². The molecule has 33 heavy (non-hydrogen) atoms. The summed E-state index contributed by atoms with van der Waals surface area (Å²) < 4.78 is 23.5. The third-order valence-electron chi connectivity index (χ3n) is 7.98. The van der Waals surface area contributed by atoms with E-state index in [2.05, 4.69) is 0 Å². The second-order valence-corrected chi connectivity index (χ2v) is 12.6. The molecule has 1 aliphatic heterocycles. The van der Waals surface area contributed by atoms with Gasteiger partial charge in [-0.2, -0.15) is 0 Å². The summed E-state index contributed by atoms with van der Waals surface area (Å²) >= 11 is 0. The van der Waals surface area contributed by atoms with Gasteiger partial charge in [-0.1, -0.05) is 76.3 Å². The topological polar surface area (TPSA) is 92.8 Å². The van der Waals surface area contributed by atoms with Gasteiger partial charge in [-0.25, -0.2) is 13.4 Å². The van der Waals surface area contributed by atoms with E-state index >= 15 is 0 Å². The second-order valence-electron chi connectivity index (χ2n) is 10.6. The number of nitrogens with two attached hydrogens (primary N) is 1. The van der Waals surface area contributed by atoms with E-state index in [-0.39, 0.29) is 10.8 Å². The molecule has 7 heteroatoms. The number of carbonyl (C=O) groups excluding carboxylic acids is 1. The lowest BCUT2D eigenvalue weighted by molar-refractivity contribution is -0.132. The van der Waals surface area contributed by atoms with E-state index in [1.54, 1.807) is 29.2 Å². The van der Waals surface area contributed by atoms with Crippen LogP contribution < -0.4 is 5.73 Å². The Morgan fingerprint density at radius 2 is 1.55 bits per heavy atom. The maximum absolute atomic E-state index is 13.9. The molecule has 1 aromatic rings. The van der Waals surface area contributed by atoms with Crippen LogP contribution in [0.25, 0.3) is 0 Å². The van der Waals surface area contributed by atoms with Crippen LogP contribution in [0.4, 0.5) is 0 Å². The molecule has 2 aliphatic carbocycles. The molecule has 1 amide bonds. The molecular formula is C26H39N3O3S. The molecule has 6 nitrogen and oxygen atoms in total. The number of rotatable bonds is 8. The van der Waals surface area contributed by atoms with Gasteiger partial charge >= 0.3 is 0 Å². The van der Waals surface area contributed by atoms with Crippen LogP contribution in [-0.4, -0.2) is 37.0 Å². The number of benzene rings is 1. The Hall–Kier alpha value is -1.89. The Kier molecular flexibility index (Phi) is 7.46. The molecule has 0 radical (unpaired) electrons. The van der Waals surface area contributed by atoms with Crippen LogP contribution in [-0.2, 0) is 21.2 Å². The summed E-state index contributed by atoms with van der Waals surface area (Å²) in [6.07, 6.45) is 16.5. The van der Waals surface area contributed by atoms with E-state index in [1.807, 2.05) is 0 Å². The lowest BCUT2D eigenvalue weighted by Gasteiger charge is -2.33. The lowest BCUT2D eigenvalue weighted by atomic mass is 9.75. The largest absolute Gasteiger partial charge is 0.369 e. The van der Waals surface area contributed by atoms with E-state index < -0.39 is 15.4 Å². The molecule has 1 atom stereocenters. The molecule has 182 valence electrons. The Morgan fingerprint density at radius 3 is 2.12 bits per heavy atom. The van der Waals surface area contributed by atoms with Crippen LogP contribution in [0.3, 0.4) is 0 Å². The minimum absolute atomic E-state index is 0.0357. The van der Waals surface area contributed by atoms with Gasteiger partial charge < -0.3 is 5.73 Å². The highest BCUT2D eigenvalue weighted by atomic mass is 32.2. The van der Waals surface area contributed by atoms with Crippen molar-refractivity contribution in [3.63, 3.8) is 0 Å². The maximum Gasteiger partial charge on any atom is 0.257 e. The summed E-state index contributed by atoms with van der Waals surface area (Å²) in [5.41, 5.74) is 6.50. The highest BCUT2D eigenvalue weighted by Crippen LogP contribution is 2.41. The van der Waals surface area contributed by atoms with E-state index in [1.165, 1.54) is 70.5 Å². The molecule has 0 bridgehead atoms. The van der Waals surface area contributed by atoms with Crippen LogP contribution in [0.2, 0.25) is 0 Å². The fraction of sp³-hybridized carbons (Fsp3) is 0.692. The fourth-order valence-electron chi connectivity index (χ4n) is 6.05. The summed E-state index contributed by atoms with van der Waals surface area (Å²) in [5.74, 6) is 1.59. The summed E-state index contributed by atoms with van der Waals surface area (Å²) in [6, 6.07) is 6.72. The number of sulfone groups is 1. The normalized spacial score (nSPS) is 25.4. The summed E-state index contributed by atoms with van der Waals surface area (Å²) in [4.78, 5) is 20.6. The number of aliphatic imine (C=N–C) groups is 1. The highest BCUT2D eigenvalue weighted by molar-refractivity contribution is 7.90. The Balaban J connectivity index is 1.51. The molecule has 2 saturated carbocycles. The Bertz CT molecular complexity index is 961. The number of guanidine groups is 1. The van der Waals surface area contributed by atoms with Crippen molar-refractivity contribution in [2.45, 2.75) is 100 Å². The highest BCUT2D eigenvalue weighted by Gasteiger charge is 2.48. The molecule has 1 heterocycles. The molecule has 1 unspecified atom stereocenters. The third-order valence-corrected chi connectivity index (χ3v) is 9.11. The summed E-state index contributed by atoms with van der Waals surface area (Å²) in [5, 5.41) is 0. The summed E-state index contributed by atoms with van der Waals surface area (Å²) in [6.45, 7) is 0.327. The third kappa shape index (κ3) is 5.79. The average molecular weight is 474 g/mol. The smallest absolute Gasteiger partial charge is 0.257 e. The number of hydrogen-bond donors (Lipinski definition) is 1. The standard InChI is InChI=1S/C26H39N3O3S/c1-33(31,32)23-14-12-22(13-15-23)19-29-24(30)26(28-25(29)27,18-21-10-6-3-7-11-21)17-16-20-8-4-2-5-9-20/h12-15,20-21H,2-11,16-19H2,1H3,(H2,27,28). The molecule has 0 aromatic heterocycles. The van der Waals surface area contributed by atoms with Crippen LogP contribution in [0.1, 0.15) is 89.0 Å². The molecular weight excluding hydrogens is 434 g/mol. The van der Waals surface area contributed by atoms with Gasteiger partial charge in [-0.05, 0) is 48.8 Å². The van der Waals surface area contributed by atoms with E-state index in [4.69, 9.17) is 10.7 Å². The quantitative estimate of drug-likeness (QED) is 0.586. The summed E-state index contributed by atoms with van der Waals surface area (Å²) in [7, 11) is -3.25. The number of amides is 1. The number of nitrogens with zero attached hydrogens (tertiary/aromatic N) is 2. The monoisotopic (exact) mass is 473 g/mol. The number of hydrogen-bond acceptors (Lipinski definition) is 5.